The molecule has 1 aromatic carbocycles. The lowest BCUT2D eigenvalue weighted by molar-refractivity contribution is 0.0696. The van der Waals surface area contributed by atoms with Gasteiger partial charge in [0.05, 0.1) is 5.56 Å². The summed E-state index contributed by atoms with van der Waals surface area (Å²) in [6, 6.07) is 7.17. The third-order valence-corrected chi connectivity index (χ3v) is 2.66. The van der Waals surface area contributed by atoms with Crippen molar-refractivity contribution in [2.24, 2.45) is 5.92 Å². The molecule has 0 bridgehead atoms. The van der Waals surface area contributed by atoms with E-state index in [1.807, 2.05) is 6.07 Å². The van der Waals surface area contributed by atoms with Gasteiger partial charge in [-0.2, -0.15) is 0 Å². The minimum absolute atomic E-state index is 0.370. The van der Waals surface area contributed by atoms with Gasteiger partial charge in [-0.1, -0.05) is 32.9 Å². The molecule has 2 nitrogen and oxygen atoms in total. The van der Waals surface area contributed by atoms with Gasteiger partial charge in [0, 0.05) is 0 Å². The van der Waals surface area contributed by atoms with Gasteiger partial charge in [0.2, 0.25) is 0 Å². The summed E-state index contributed by atoms with van der Waals surface area (Å²) in [5.41, 5.74) is 1.47. The molecule has 1 rings (SSSR count). The molecular formula is C12H16O2. The van der Waals surface area contributed by atoms with Crippen molar-refractivity contribution in [3.05, 3.63) is 35.4 Å². The van der Waals surface area contributed by atoms with Gasteiger partial charge >= 0.3 is 5.97 Å². The van der Waals surface area contributed by atoms with E-state index >= 15 is 0 Å². The van der Waals surface area contributed by atoms with Crippen LogP contribution in [-0.2, 0) is 0 Å². The number of carboxylic acids is 1. The van der Waals surface area contributed by atoms with Crippen molar-refractivity contribution in [2.45, 2.75) is 26.7 Å². The third kappa shape index (κ3) is 2.34. The van der Waals surface area contributed by atoms with Crippen LogP contribution in [0.25, 0.3) is 0 Å². The molecule has 0 spiro atoms. The molecule has 1 N–H and O–H groups in total. The lowest BCUT2D eigenvalue weighted by Gasteiger charge is -2.16. The van der Waals surface area contributed by atoms with E-state index < -0.39 is 5.97 Å². The lowest BCUT2D eigenvalue weighted by atomic mass is 9.89. The monoisotopic (exact) mass is 192 g/mol. The molecular weight excluding hydrogens is 176 g/mol. The first-order valence-corrected chi connectivity index (χ1v) is 4.85. The molecule has 0 unspecified atom stereocenters. The first kappa shape index (κ1) is 10.8. The fourth-order valence-electron chi connectivity index (χ4n) is 1.34. The molecule has 0 amide bonds. The Hall–Kier alpha value is -1.31. The average Bonchev–Trinajstić information content (AvgIpc) is 2.16. The fraction of sp³-hybridized carbons (Fsp3) is 0.417. The molecule has 0 saturated heterocycles. The molecule has 1 atom stereocenters. The summed E-state index contributed by atoms with van der Waals surface area (Å²) in [5, 5.41) is 8.83. The Labute approximate surface area is 84.6 Å². The summed E-state index contributed by atoms with van der Waals surface area (Å²) in [5.74, 6) is 0.0659. The van der Waals surface area contributed by atoms with Crippen molar-refractivity contribution >= 4 is 5.97 Å². The largest absolute Gasteiger partial charge is 0.478 e. The van der Waals surface area contributed by atoms with Gasteiger partial charge in [0.25, 0.3) is 0 Å². The van der Waals surface area contributed by atoms with Crippen LogP contribution in [0, 0.1) is 5.92 Å². The van der Waals surface area contributed by atoms with Crippen LogP contribution in [0.5, 0.6) is 0 Å². The summed E-state index contributed by atoms with van der Waals surface area (Å²) in [4.78, 5) is 10.7. The zero-order chi connectivity index (χ0) is 10.7. The van der Waals surface area contributed by atoms with E-state index in [0.29, 0.717) is 17.4 Å². The van der Waals surface area contributed by atoms with Crippen LogP contribution in [0.4, 0.5) is 0 Å². The molecule has 0 aromatic heterocycles. The van der Waals surface area contributed by atoms with Crippen molar-refractivity contribution < 1.29 is 9.90 Å². The Balaban J connectivity index is 2.99. The van der Waals surface area contributed by atoms with E-state index in [2.05, 4.69) is 20.8 Å². The van der Waals surface area contributed by atoms with E-state index in [0.717, 1.165) is 5.56 Å². The first-order chi connectivity index (χ1) is 6.52. The number of aromatic carboxylic acids is 1. The molecule has 0 aliphatic rings. The number of hydrogen-bond donors (Lipinski definition) is 1. The Kier molecular flexibility index (Phi) is 3.28. The van der Waals surface area contributed by atoms with Crippen molar-refractivity contribution in [1.29, 1.82) is 0 Å². The zero-order valence-electron chi connectivity index (χ0n) is 8.82. The third-order valence-electron chi connectivity index (χ3n) is 2.66. The molecule has 2 heteroatoms. The summed E-state index contributed by atoms with van der Waals surface area (Å²) >= 11 is 0. The number of carbonyl (C=O) groups is 1. The number of carboxylic acid groups (broad SMARTS) is 1. The van der Waals surface area contributed by atoms with Crippen LogP contribution >= 0.6 is 0 Å². The standard InChI is InChI=1S/C12H16O2/c1-8(2)9(3)10-5-4-6-11(7-10)12(13)14/h4-9H,1-3H3,(H,13,14)/t9-/m0/s1. The maximum Gasteiger partial charge on any atom is 0.335 e. The maximum atomic E-state index is 10.7. The number of benzene rings is 1. The highest BCUT2D eigenvalue weighted by Gasteiger charge is 2.11. The predicted molar refractivity (Wildman–Crippen MR) is 56.7 cm³/mol. The van der Waals surface area contributed by atoms with Crippen molar-refractivity contribution in [2.75, 3.05) is 0 Å². The molecule has 14 heavy (non-hydrogen) atoms. The predicted octanol–water partition coefficient (Wildman–Crippen LogP) is 3.14. The molecule has 0 radical (unpaired) electrons. The van der Waals surface area contributed by atoms with Gasteiger partial charge in [-0.15, -0.1) is 0 Å². The van der Waals surface area contributed by atoms with Crippen molar-refractivity contribution in [1.82, 2.24) is 0 Å². The summed E-state index contributed by atoms with van der Waals surface area (Å²) in [6.07, 6.45) is 0. The molecule has 0 saturated carbocycles. The van der Waals surface area contributed by atoms with E-state index in [4.69, 9.17) is 5.11 Å². The van der Waals surface area contributed by atoms with Crippen LogP contribution in [0.2, 0.25) is 0 Å². The average molecular weight is 192 g/mol. The van der Waals surface area contributed by atoms with Crippen LogP contribution in [0.3, 0.4) is 0 Å². The van der Waals surface area contributed by atoms with Crippen molar-refractivity contribution in [3.63, 3.8) is 0 Å². The van der Waals surface area contributed by atoms with Gasteiger partial charge in [0.15, 0.2) is 0 Å². The Morgan fingerprint density at radius 2 is 1.93 bits per heavy atom. The second kappa shape index (κ2) is 4.27. The van der Waals surface area contributed by atoms with Gasteiger partial charge in [-0.05, 0) is 29.5 Å². The lowest BCUT2D eigenvalue weighted by Crippen LogP contribution is -2.04. The molecule has 0 aliphatic carbocycles. The van der Waals surface area contributed by atoms with Gasteiger partial charge < -0.3 is 5.11 Å². The second-order valence-electron chi connectivity index (χ2n) is 3.96. The highest BCUT2D eigenvalue weighted by Crippen LogP contribution is 2.24. The number of hydrogen-bond acceptors (Lipinski definition) is 1. The van der Waals surface area contributed by atoms with Gasteiger partial charge in [0.1, 0.15) is 0 Å². The minimum atomic E-state index is -0.859. The van der Waals surface area contributed by atoms with Crippen LogP contribution < -0.4 is 0 Å². The molecule has 76 valence electrons. The molecule has 0 fully saturated rings. The van der Waals surface area contributed by atoms with E-state index in [1.165, 1.54) is 0 Å². The van der Waals surface area contributed by atoms with E-state index in [-0.39, 0.29) is 0 Å². The summed E-state index contributed by atoms with van der Waals surface area (Å²) < 4.78 is 0. The molecule has 0 heterocycles. The normalized spacial score (nSPS) is 12.9. The van der Waals surface area contributed by atoms with Gasteiger partial charge in [-0.3, -0.25) is 0 Å². The Morgan fingerprint density at radius 3 is 2.43 bits per heavy atom. The second-order valence-corrected chi connectivity index (χ2v) is 3.96. The van der Waals surface area contributed by atoms with Gasteiger partial charge in [-0.25, -0.2) is 4.79 Å². The Bertz CT molecular complexity index is 329. The highest BCUT2D eigenvalue weighted by molar-refractivity contribution is 5.87. The molecule has 1 aromatic rings. The first-order valence-electron chi connectivity index (χ1n) is 4.85. The fourth-order valence-corrected chi connectivity index (χ4v) is 1.34. The Morgan fingerprint density at radius 1 is 1.29 bits per heavy atom. The van der Waals surface area contributed by atoms with Crippen LogP contribution in [0.15, 0.2) is 24.3 Å². The van der Waals surface area contributed by atoms with Crippen LogP contribution in [0.1, 0.15) is 42.6 Å². The summed E-state index contributed by atoms with van der Waals surface area (Å²) in [6.45, 7) is 6.39. The topological polar surface area (TPSA) is 37.3 Å². The minimum Gasteiger partial charge on any atom is -0.478 e. The van der Waals surface area contributed by atoms with Crippen molar-refractivity contribution in [3.8, 4) is 0 Å². The molecule has 0 aliphatic heterocycles. The van der Waals surface area contributed by atoms with Crippen LogP contribution in [-0.4, -0.2) is 11.1 Å². The maximum absolute atomic E-state index is 10.7. The SMILES string of the molecule is CC(C)[C@H](C)c1cccc(C(=O)O)c1. The number of rotatable bonds is 3. The zero-order valence-corrected chi connectivity index (χ0v) is 8.82. The van der Waals surface area contributed by atoms with E-state index in [1.54, 1.807) is 18.2 Å². The summed E-state index contributed by atoms with van der Waals surface area (Å²) in [7, 11) is 0. The highest BCUT2D eigenvalue weighted by atomic mass is 16.4. The van der Waals surface area contributed by atoms with E-state index in [9.17, 15) is 4.79 Å². The smallest absolute Gasteiger partial charge is 0.335 e. The quantitative estimate of drug-likeness (QED) is 0.798.